The van der Waals surface area contributed by atoms with Gasteiger partial charge in [-0.05, 0) is 109 Å². The normalized spacial score (nSPS) is 13.2. The molecule has 0 saturated heterocycles. The molecule has 6 aromatic heterocycles. The Hall–Kier alpha value is -9.63. The molecule has 6 aromatic rings. The van der Waals surface area contributed by atoms with E-state index in [2.05, 4.69) is 255 Å². The maximum atomic E-state index is 5.30. The van der Waals surface area contributed by atoms with Crippen molar-refractivity contribution in [3.05, 3.63) is 139 Å². The molecule has 15 heteroatoms. The molecule has 0 unspecified atom stereocenters. The van der Waals surface area contributed by atoms with Crippen LogP contribution >= 0.6 is 23.1 Å². The summed E-state index contributed by atoms with van der Waals surface area (Å²) in [5.74, 6) is 24.7. The molecule has 13 nitrogen and oxygen atoms in total. The molecule has 0 spiro atoms. The van der Waals surface area contributed by atoms with Crippen LogP contribution in [0.2, 0.25) is 0 Å². The van der Waals surface area contributed by atoms with Crippen molar-refractivity contribution in [2.24, 2.45) is 31.2 Å². The fraction of sp³-hybridized carbons (Fsp3) is 0.464. The predicted molar refractivity (Wildman–Crippen MR) is 416 cm³/mol. The van der Waals surface area contributed by atoms with E-state index in [0.717, 1.165) is 76.5 Å². The number of terminal acetylenes is 9. The minimum absolute atomic E-state index is 0.0118. The highest BCUT2D eigenvalue weighted by Crippen LogP contribution is 2.33. The number of nitrogens with zero attached hydrogens (tertiary/aromatic N) is 9. The summed E-state index contributed by atoms with van der Waals surface area (Å²) in [6.07, 6.45) is 58.7. The average Bonchev–Trinajstić information content (AvgIpc) is 1.77. The van der Waals surface area contributed by atoms with Crippen LogP contribution in [-0.2, 0) is 32.5 Å². The molecule has 3 aliphatic rings. The van der Waals surface area contributed by atoms with Crippen molar-refractivity contribution >= 4 is 40.2 Å². The first kappa shape index (κ1) is 87.4. The van der Waals surface area contributed by atoms with Gasteiger partial charge in [-0.2, -0.15) is 8.75 Å². The van der Waals surface area contributed by atoms with Gasteiger partial charge in [0.05, 0.1) is 30.7 Å². The number of oxazole rings is 2. The van der Waals surface area contributed by atoms with E-state index in [1.165, 1.54) is 44.7 Å². The highest BCUT2D eigenvalue weighted by Gasteiger charge is 2.26. The van der Waals surface area contributed by atoms with Crippen molar-refractivity contribution in [1.29, 1.82) is 0 Å². The van der Waals surface area contributed by atoms with E-state index >= 15 is 0 Å². The first-order valence-electron chi connectivity index (χ1n) is 32.1. The molecule has 9 heterocycles. The molecular weight excluding hydrogens is 1260 g/mol. The summed E-state index contributed by atoms with van der Waals surface area (Å²) in [5.41, 5.74) is 12.7. The lowest BCUT2D eigenvalue weighted by molar-refractivity contribution is 0.328. The van der Waals surface area contributed by atoms with Crippen molar-refractivity contribution in [3.63, 3.8) is 0 Å². The fourth-order valence-electron chi connectivity index (χ4n) is 7.67. The number of hydrogen-bond acceptors (Lipinski definition) is 15. The molecule has 0 atom stereocenters. The van der Waals surface area contributed by atoms with Gasteiger partial charge in [0.25, 0.3) is 11.8 Å². The molecule has 0 radical (unpaired) electrons. The van der Waals surface area contributed by atoms with Crippen molar-refractivity contribution in [1.82, 2.24) is 29.0 Å². The lowest BCUT2D eigenvalue weighted by Crippen LogP contribution is -2.14. The zero-order chi connectivity index (χ0) is 76.3. The molecule has 0 fully saturated rings. The van der Waals surface area contributed by atoms with Crippen molar-refractivity contribution in [3.8, 4) is 111 Å². The van der Waals surface area contributed by atoms with E-state index < -0.39 is 0 Å². The summed E-state index contributed by atoms with van der Waals surface area (Å²) in [6, 6.07) is 3.77. The third-order valence-electron chi connectivity index (χ3n) is 13.9. The second-order valence-electron chi connectivity index (χ2n) is 32.0. The van der Waals surface area contributed by atoms with Crippen molar-refractivity contribution in [2.75, 3.05) is 13.1 Å². The van der Waals surface area contributed by atoms with Gasteiger partial charge in [-0.15, -0.1) is 57.8 Å². The molecule has 99 heavy (non-hydrogen) atoms. The molecule has 9 rings (SSSR count). The second-order valence-corrected chi connectivity index (χ2v) is 33.4. The topological polar surface area (TPSA) is 167 Å². The van der Waals surface area contributed by atoms with E-state index in [1.807, 2.05) is 59.1 Å². The van der Waals surface area contributed by atoms with Gasteiger partial charge in [-0.25, -0.2) is 15.0 Å². The number of rotatable bonds is 0. The van der Waals surface area contributed by atoms with Gasteiger partial charge in [-0.3, -0.25) is 9.98 Å². The monoisotopic (exact) mass is 1370 g/mol. The van der Waals surface area contributed by atoms with Crippen LogP contribution in [0.25, 0.3) is 0 Å². The minimum Gasteiger partial charge on any atom is -0.438 e. The van der Waals surface area contributed by atoms with Crippen LogP contribution in [0, 0.1) is 127 Å². The van der Waals surface area contributed by atoms with E-state index in [9.17, 15) is 0 Å². The van der Waals surface area contributed by atoms with Crippen molar-refractivity contribution in [2.45, 2.75) is 226 Å². The maximum Gasteiger partial charge on any atom is 0.273 e. The Morgan fingerprint density at radius 2 is 1.07 bits per heavy atom. The molecule has 0 aliphatic carbocycles. The van der Waals surface area contributed by atoms with E-state index in [4.69, 9.17) is 75.7 Å². The van der Waals surface area contributed by atoms with E-state index in [0.29, 0.717) is 23.2 Å². The van der Waals surface area contributed by atoms with Crippen LogP contribution in [0.1, 0.15) is 261 Å². The third kappa shape index (κ3) is 30.8. The van der Waals surface area contributed by atoms with Gasteiger partial charge in [0.15, 0.2) is 11.4 Å². The fourth-order valence-corrected chi connectivity index (χ4v) is 9.29. The minimum atomic E-state index is -0.0118. The summed E-state index contributed by atoms with van der Waals surface area (Å²) >= 11 is 2.91. The van der Waals surface area contributed by atoms with Crippen LogP contribution in [-0.4, -0.2) is 59.3 Å². The quantitative estimate of drug-likeness (QED) is 0.134. The lowest BCUT2D eigenvalue weighted by atomic mass is 9.84. The summed E-state index contributed by atoms with van der Waals surface area (Å²) in [5, 5.41) is 9.40. The van der Waals surface area contributed by atoms with Crippen molar-refractivity contribution < 1.29 is 17.9 Å². The van der Waals surface area contributed by atoms with Crippen LogP contribution in [0.5, 0.6) is 0 Å². The molecule has 0 aromatic carbocycles. The summed E-state index contributed by atoms with van der Waals surface area (Å²) in [6.45, 7) is 58.5. The lowest BCUT2D eigenvalue weighted by Gasteiger charge is -2.19. The Morgan fingerprint density at radius 3 is 1.37 bits per heavy atom. The summed E-state index contributed by atoms with van der Waals surface area (Å²) in [4.78, 5) is 21.9. The molecule has 0 bridgehead atoms. The van der Waals surface area contributed by atoms with Gasteiger partial charge >= 0.3 is 0 Å². The Balaban J connectivity index is 0.000000557. The number of aromatic nitrogens is 6. The SMILES string of the molecule is C#CC1=NC(C(C)(C)C)=CC1.C#CC1=NCC(C(C)(C)C)=C1.C#CC1=NCC=C1C(C)(C)C.C#Cc1cc(C(C)(C)C)on1.C#Cc1cc(C(C)(C)C)sn1.C#Cc1nc(C(C)(C)C)co1.C#Cc1ncc(C(C)(C)C)o1.C#Cc1nocc1C(C)(C)C.C#Cc1nscc1C(C)(C)C. The van der Waals surface area contributed by atoms with E-state index in [-0.39, 0.29) is 48.7 Å². The molecule has 0 N–H and O–H groups in total. The largest absolute Gasteiger partial charge is 0.438 e. The average molecular weight is 1370 g/mol. The predicted octanol–water partition coefficient (Wildman–Crippen LogP) is 19.1. The Bertz CT molecular complexity index is 3910. The highest BCUT2D eigenvalue weighted by atomic mass is 32.1. The maximum absolute atomic E-state index is 5.30. The molecule has 0 amide bonds. The second kappa shape index (κ2) is 37.4. The van der Waals surface area contributed by atoms with Gasteiger partial charge in [0.2, 0.25) is 0 Å². The van der Waals surface area contributed by atoms with Crippen LogP contribution in [0.15, 0.2) is 104 Å². The number of allylic oxidation sites excluding steroid dienone is 4. The van der Waals surface area contributed by atoms with Crippen LogP contribution in [0.4, 0.5) is 0 Å². The van der Waals surface area contributed by atoms with Gasteiger partial charge in [0, 0.05) is 61.2 Å². The summed E-state index contributed by atoms with van der Waals surface area (Å²) in [7, 11) is 0. The van der Waals surface area contributed by atoms with E-state index in [1.54, 1.807) is 24.8 Å². The standard InChI is InChI=1S/3C10H13N.4C9H11NO.2C9H11NS/c1-5-9-6-8(7-11-9)10(2,3)4;1-5-9-8(6-7-11-9)10(2,3)4;1-5-8-6-7-9(11-8)10(2,3)4;1-5-8-10-7(6-11-8)9(2,3)4;1-5-8-10-6-7(11-8)9(2,3)4;1-5-8-7(6-11-10-8)9(2,3)4;1-5-7-6-8(11-10-7)9(2,3)4;1-5-8-7(6-11-10-8)9(2,3)4;1-5-7-6-8(11-10-7)9(2,3)4/h2*1,6H,7H2,2-4H3;1,7H,6H2,2-4H3;6*1,6H,2-4H3. The smallest absolute Gasteiger partial charge is 0.273 e. The Kier molecular flexibility index (Phi) is 33.0. The zero-order valence-electron chi connectivity index (χ0n) is 64.0. The first-order valence-corrected chi connectivity index (χ1v) is 33.8. The van der Waals surface area contributed by atoms with Gasteiger partial charge in [0.1, 0.15) is 46.9 Å². The molecule has 522 valence electrons. The number of hydrogen-bond donors (Lipinski definition) is 0. The highest BCUT2D eigenvalue weighted by molar-refractivity contribution is 7.06. The third-order valence-corrected chi connectivity index (χ3v) is 15.7. The van der Waals surface area contributed by atoms with Crippen LogP contribution < -0.4 is 0 Å². The van der Waals surface area contributed by atoms with Gasteiger partial charge in [-0.1, -0.05) is 227 Å². The number of aliphatic imine (C=N–C) groups is 3. The zero-order valence-corrected chi connectivity index (χ0v) is 65.6. The first-order chi connectivity index (χ1) is 45.4. The Morgan fingerprint density at radius 1 is 0.485 bits per heavy atom. The molecular formula is C84H105N9O4S2. The van der Waals surface area contributed by atoms with Crippen LogP contribution in [0.3, 0.4) is 0 Å². The Labute approximate surface area is 603 Å². The summed E-state index contributed by atoms with van der Waals surface area (Å²) < 4.78 is 28.3. The van der Waals surface area contributed by atoms with Gasteiger partial charge < -0.3 is 17.9 Å². The molecule has 0 saturated carbocycles. The molecule has 3 aliphatic heterocycles.